The molecule has 1 amide bonds. The van der Waals surface area contributed by atoms with Crippen LogP contribution >= 0.6 is 11.8 Å². The Morgan fingerprint density at radius 2 is 2.09 bits per heavy atom. The van der Waals surface area contributed by atoms with E-state index in [0.29, 0.717) is 5.16 Å². The van der Waals surface area contributed by atoms with Crippen molar-refractivity contribution in [2.45, 2.75) is 18.3 Å². The maximum atomic E-state index is 12.0. The summed E-state index contributed by atoms with van der Waals surface area (Å²) < 4.78 is 37.4. The van der Waals surface area contributed by atoms with Crippen LogP contribution in [0.25, 0.3) is 5.69 Å². The molecule has 1 aromatic carbocycles. The number of tetrazole rings is 1. The van der Waals surface area contributed by atoms with Gasteiger partial charge in [0, 0.05) is 0 Å². The first-order valence-electron chi connectivity index (χ1n) is 6.17. The fraction of sp³-hybridized carbons (Fsp3) is 0.333. The number of amides is 1. The monoisotopic (exact) mass is 331 g/mol. The number of hydrogen-bond donors (Lipinski definition) is 1. The summed E-state index contributed by atoms with van der Waals surface area (Å²) in [7, 11) is 0. The van der Waals surface area contributed by atoms with E-state index in [9.17, 15) is 18.0 Å². The van der Waals surface area contributed by atoms with E-state index in [1.54, 1.807) is 11.4 Å². The van der Waals surface area contributed by atoms with E-state index in [4.69, 9.17) is 0 Å². The van der Waals surface area contributed by atoms with Crippen molar-refractivity contribution in [1.82, 2.24) is 25.5 Å². The van der Waals surface area contributed by atoms with Crippen LogP contribution in [0.4, 0.5) is 13.2 Å². The van der Waals surface area contributed by atoms with Gasteiger partial charge in [-0.25, -0.2) is 0 Å². The Labute approximate surface area is 128 Å². The van der Waals surface area contributed by atoms with Crippen molar-refractivity contribution >= 4 is 17.7 Å². The summed E-state index contributed by atoms with van der Waals surface area (Å²) in [6, 6.07) is 7.36. The molecule has 0 spiro atoms. The smallest absolute Gasteiger partial charge is 0.346 e. The van der Waals surface area contributed by atoms with Crippen LogP contribution < -0.4 is 5.32 Å². The van der Waals surface area contributed by atoms with Crippen LogP contribution in [-0.2, 0) is 4.79 Å². The van der Waals surface area contributed by atoms with Crippen molar-refractivity contribution in [1.29, 1.82) is 0 Å². The normalized spacial score (nSPS) is 11.5. The molecule has 0 aliphatic carbocycles. The highest BCUT2D eigenvalue weighted by atomic mass is 32.2. The molecule has 0 bridgehead atoms. The molecule has 0 saturated carbocycles. The molecule has 1 aromatic heterocycles. The van der Waals surface area contributed by atoms with Crippen LogP contribution in [0.5, 0.6) is 0 Å². The number of carbonyl (C=O) groups is 1. The maximum absolute atomic E-state index is 12.0. The SMILES string of the molecule is Cc1ccccc1-n1nnnc1SCC(=O)NCC(F)(F)F. The molecule has 10 heteroatoms. The molecule has 2 rings (SSSR count). The molecule has 0 saturated heterocycles. The number of halogens is 3. The van der Waals surface area contributed by atoms with E-state index in [-0.39, 0.29) is 5.75 Å². The van der Waals surface area contributed by atoms with Gasteiger partial charge >= 0.3 is 6.18 Å². The summed E-state index contributed by atoms with van der Waals surface area (Å²) in [6.07, 6.45) is -4.43. The Bertz CT molecular complexity index is 658. The van der Waals surface area contributed by atoms with Gasteiger partial charge in [-0.05, 0) is 29.0 Å². The number of alkyl halides is 3. The van der Waals surface area contributed by atoms with Gasteiger partial charge in [-0.2, -0.15) is 17.9 Å². The second-order valence-corrected chi connectivity index (χ2v) is 5.28. The van der Waals surface area contributed by atoms with Crippen LogP contribution in [-0.4, -0.2) is 44.6 Å². The first-order chi connectivity index (χ1) is 10.4. The van der Waals surface area contributed by atoms with Gasteiger partial charge in [-0.15, -0.1) is 5.10 Å². The zero-order valence-electron chi connectivity index (χ0n) is 11.5. The van der Waals surface area contributed by atoms with Crippen molar-refractivity contribution < 1.29 is 18.0 Å². The molecule has 1 heterocycles. The van der Waals surface area contributed by atoms with Gasteiger partial charge in [-0.3, -0.25) is 4.79 Å². The van der Waals surface area contributed by atoms with E-state index in [0.717, 1.165) is 23.0 Å². The van der Waals surface area contributed by atoms with Gasteiger partial charge in [0.1, 0.15) is 6.54 Å². The third-order valence-electron chi connectivity index (χ3n) is 2.60. The van der Waals surface area contributed by atoms with Crippen molar-refractivity contribution in [3.8, 4) is 5.69 Å². The van der Waals surface area contributed by atoms with E-state index >= 15 is 0 Å². The van der Waals surface area contributed by atoms with Crippen LogP contribution in [0.1, 0.15) is 5.56 Å². The standard InChI is InChI=1S/C12H12F3N5OS/c1-8-4-2-3-5-9(8)20-11(17-18-19-20)22-6-10(21)16-7-12(13,14)15/h2-5H,6-7H2,1H3,(H,16,21). The highest BCUT2D eigenvalue weighted by Crippen LogP contribution is 2.20. The first-order valence-corrected chi connectivity index (χ1v) is 7.16. The molecule has 118 valence electrons. The van der Waals surface area contributed by atoms with Crippen LogP contribution in [0.15, 0.2) is 29.4 Å². The Morgan fingerprint density at radius 3 is 2.77 bits per heavy atom. The highest BCUT2D eigenvalue weighted by molar-refractivity contribution is 7.99. The predicted molar refractivity (Wildman–Crippen MR) is 73.7 cm³/mol. The van der Waals surface area contributed by atoms with Crippen LogP contribution in [0, 0.1) is 6.92 Å². The summed E-state index contributed by atoms with van der Waals surface area (Å²) in [5, 5.41) is 13.3. The van der Waals surface area contributed by atoms with Gasteiger partial charge < -0.3 is 5.32 Å². The topological polar surface area (TPSA) is 72.7 Å². The Balaban J connectivity index is 1.99. The number of carbonyl (C=O) groups excluding carboxylic acids is 1. The quantitative estimate of drug-likeness (QED) is 0.845. The van der Waals surface area contributed by atoms with Crippen molar-refractivity contribution in [3.63, 3.8) is 0 Å². The molecule has 0 aliphatic rings. The second-order valence-electron chi connectivity index (χ2n) is 4.34. The molecule has 0 unspecified atom stereocenters. The largest absolute Gasteiger partial charge is 0.405 e. The number of hydrogen-bond acceptors (Lipinski definition) is 5. The number of aryl methyl sites for hydroxylation is 1. The van der Waals surface area contributed by atoms with Gasteiger partial charge in [0.2, 0.25) is 11.1 Å². The molecule has 6 nitrogen and oxygen atoms in total. The molecule has 0 radical (unpaired) electrons. The number of aromatic nitrogens is 4. The Morgan fingerprint density at radius 1 is 1.36 bits per heavy atom. The van der Waals surface area contributed by atoms with Crippen LogP contribution in [0.3, 0.4) is 0 Å². The lowest BCUT2D eigenvalue weighted by molar-refractivity contribution is -0.136. The number of nitrogens with zero attached hydrogens (tertiary/aromatic N) is 4. The fourth-order valence-electron chi connectivity index (χ4n) is 1.60. The van der Waals surface area contributed by atoms with Gasteiger partial charge in [0.05, 0.1) is 11.4 Å². The average molecular weight is 331 g/mol. The molecule has 0 fully saturated rings. The maximum Gasteiger partial charge on any atom is 0.405 e. The Hall–Kier alpha value is -2.10. The van der Waals surface area contributed by atoms with Gasteiger partial charge in [-0.1, -0.05) is 30.0 Å². The molecule has 0 aliphatic heterocycles. The highest BCUT2D eigenvalue weighted by Gasteiger charge is 2.27. The number of benzene rings is 1. The van der Waals surface area contributed by atoms with Crippen molar-refractivity contribution in [3.05, 3.63) is 29.8 Å². The number of nitrogens with one attached hydrogen (secondary N) is 1. The first kappa shape index (κ1) is 16.3. The molecule has 0 atom stereocenters. The zero-order chi connectivity index (χ0) is 16.2. The van der Waals surface area contributed by atoms with Crippen LogP contribution in [0.2, 0.25) is 0 Å². The summed E-state index contributed by atoms with van der Waals surface area (Å²) in [5.74, 6) is -0.941. The van der Waals surface area contributed by atoms with Crippen molar-refractivity contribution in [2.24, 2.45) is 0 Å². The third-order valence-corrected chi connectivity index (χ3v) is 3.52. The third kappa shape index (κ3) is 4.45. The second kappa shape index (κ2) is 6.77. The molecular weight excluding hydrogens is 319 g/mol. The lowest BCUT2D eigenvalue weighted by Crippen LogP contribution is -2.34. The van der Waals surface area contributed by atoms with E-state index in [2.05, 4.69) is 15.5 Å². The van der Waals surface area contributed by atoms with E-state index < -0.39 is 18.6 Å². The fourth-order valence-corrected chi connectivity index (χ4v) is 2.31. The summed E-state index contributed by atoms with van der Waals surface area (Å²) >= 11 is 0.963. The predicted octanol–water partition coefficient (Wildman–Crippen LogP) is 1.74. The summed E-state index contributed by atoms with van der Waals surface area (Å²) in [4.78, 5) is 11.4. The summed E-state index contributed by atoms with van der Waals surface area (Å²) in [6.45, 7) is 0.524. The van der Waals surface area contributed by atoms with E-state index in [1.165, 1.54) is 4.68 Å². The minimum Gasteiger partial charge on any atom is -0.346 e. The zero-order valence-corrected chi connectivity index (χ0v) is 12.3. The Kier molecular flexibility index (Phi) is 5.01. The number of thioether (sulfide) groups is 1. The minimum atomic E-state index is -4.43. The molecule has 1 N–H and O–H groups in total. The minimum absolute atomic E-state index is 0.206. The molecule has 2 aromatic rings. The van der Waals surface area contributed by atoms with E-state index in [1.807, 2.05) is 25.1 Å². The molecule has 22 heavy (non-hydrogen) atoms. The average Bonchev–Trinajstić information content (AvgIpc) is 2.91. The lowest BCUT2D eigenvalue weighted by Gasteiger charge is -2.08. The lowest BCUT2D eigenvalue weighted by atomic mass is 10.2. The van der Waals surface area contributed by atoms with Gasteiger partial charge in [0.15, 0.2) is 0 Å². The van der Waals surface area contributed by atoms with Crippen molar-refractivity contribution in [2.75, 3.05) is 12.3 Å². The number of para-hydroxylation sites is 1. The summed E-state index contributed by atoms with van der Waals surface area (Å²) in [5.41, 5.74) is 1.67. The number of rotatable bonds is 5. The molecular formula is C12H12F3N5OS. The van der Waals surface area contributed by atoms with Gasteiger partial charge in [0.25, 0.3) is 0 Å².